The zero-order valence-corrected chi connectivity index (χ0v) is 9.44. The second-order valence-corrected chi connectivity index (χ2v) is 3.86. The molecular weight excluding hydrogens is 261 g/mol. The van der Waals surface area contributed by atoms with Crippen LogP contribution in [0.3, 0.4) is 0 Å². The molecule has 0 aliphatic carbocycles. The third-order valence-corrected chi connectivity index (χ3v) is 2.50. The van der Waals surface area contributed by atoms with Gasteiger partial charge in [-0.1, -0.05) is 12.1 Å². The van der Waals surface area contributed by atoms with Gasteiger partial charge in [-0.2, -0.15) is 18.2 Å². The smallest absolute Gasteiger partial charge is 0.422 e. The molecule has 0 saturated heterocycles. The molecule has 2 heterocycles. The Bertz CT molecular complexity index is 736. The van der Waals surface area contributed by atoms with Crippen molar-refractivity contribution in [3.05, 3.63) is 30.6 Å². The highest BCUT2D eigenvalue weighted by Crippen LogP contribution is 2.31. The van der Waals surface area contributed by atoms with Crippen molar-refractivity contribution < 1.29 is 22.3 Å². The van der Waals surface area contributed by atoms with Gasteiger partial charge in [-0.3, -0.25) is 0 Å². The van der Waals surface area contributed by atoms with Gasteiger partial charge >= 0.3 is 6.18 Å². The van der Waals surface area contributed by atoms with E-state index >= 15 is 0 Å². The second-order valence-electron chi connectivity index (χ2n) is 3.86. The molecule has 0 unspecified atom stereocenters. The van der Waals surface area contributed by atoms with E-state index < -0.39 is 12.8 Å². The van der Waals surface area contributed by atoms with Gasteiger partial charge in [-0.15, -0.1) is 0 Å². The summed E-state index contributed by atoms with van der Waals surface area (Å²) in [7, 11) is 0. The van der Waals surface area contributed by atoms with Crippen LogP contribution in [-0.4, -0.2) is 22.8 Å². The maximum Gasteiger partial charge on any atom is 0.422 e. The summed E-state index contributed by atoms with van der Waals surface area (Å²) < 4.78 is 46.5. The second kappa shape index (κ2) is 4.11. The van der Waals surface area contributed by atoms with Gasteiger partial charge in [0.1, 0.15) is 17.4 Å². The normalized spacial score (nSPS) is 12.2. The molecule has 0 N–H and O–H groups in total. The van der Waals surface area contributed by atoms with Crippen molar-refractivity contribution in [3.63, 3.8) is 0 Å². The highest BCUT2D eigenvalue weighted by Gasteiger charge is 2.29. The van der Waals surface area contributed by atoms with E-state index in [1.165, 1.54) is 0 Å². The fraction of sp³-hybridized carbons (Fsp3) is 0.167. The summed E-state index contributed by atoms with van der Waals surface area (Å²) in [6.07, 6.45) is -3.28. The number of benzene rings is 1. The van der Waals surface area contributed by atoms with Crippen molar-refractivity contribution in [2.45, 2.75) is 6.18 Å². The molecule has 3 aromatic rings. The van der Waals surface area contributed by atoms with Crippen LogP contribution in [0.2, 0.25) is 0 Å². The molecule has 98 valence electrons. The molecule has 0 fully saturated rings. The SMILES string of the molecule is FC(F)(F)COc1ncnc2c1oc1ccccc12. The lowest BCUT2D eigenvalue weighted by Crippen LogP contribution is -2.19. The minimum Gasteiger partial charge on any atom is -0.465 e. The zero-order chi connectivity index (χ0) is 13.5. The molecule has 2 aromatic heterocycles. The highest BCUT2D eigenvalue weighted by molar-refractivity contribution is 6.03. The summed E-state index contributed by atoms with van der Waals surface area (Å²) in [5.74, 6) is -0.210. The lowest BCUT2D eigenvalue weighted by Gasteiger charge is -2.07. The van der Waals surface area contributed by atoms with Crippen LogP contribution in [0.25, 0.3) is 22.1 Å². The molecule has 0 amide bonds. The number of ether oxygens (including phenoxy) is 1. The van der Waals surface area contributed by atoms with Crippen molar-refractivity contribution in [1.29, 1.82) is 0 Å². The van der Waals surface area contributed by atoms with Crippen molar-refractivity contribution >= 4 is 22.1 Å². The zero-order valence-electron chi connectivity index (χ0n) is 9.44. The van der Waals surface area contributed by atoms with Crippen molar-refractivity contribution in [2.75, 3.05) is 6.61 Å². The van der Waals surface area contributed by atoms with Crippen LogP contribution in [0, 0.1) is 0 Å². The fourth-order valence-corrected chi connectivity index (χ4v) is 1.76. The number of fused-ring (bicyclic) bond motifs is 3. The van der Waals surface area contributed by atoms with Crippen molar-refractivity contribution in [3.8, 4) is 5.88 Å². The average molecular weight is 268 g/mol. The Balaban J connectivity index is 2.10. The largest absolute Gasteiger partial charge is 0.465 e. The van der Waals surface area contributed by atoms with E-state index in [1.54, 1.807) is 24.3 Å². The van der Waals surface area contributed by atoms with Crippen LogP contribution in [0.15, 0.2) is 35.0 Å². The lowest BCUT2D eigenvalue weighted by molar-refractivity contribution is -0.153. The topological polar surface area (TPSA) is 48.2 Å². The first-order valence-corrected chi connectivity index (χ1v) is 5.36. The quantitative estimate of drug-likeness (QED) is 0.715. The van der Waals surface area contributed by atoms with Crippen LogP contribution < -0.4 is 4.74 Å². The maximum absolute atomic E-state index is 12.1. The molecule has 3 rings (SSSR count). The Morgan fingerprint density at radius 2 is 1.95 bits per heavy atom. The first kappa shape index (κ1) is 11.8. The summed E-state index contributed by atoms with van der Waals surface area (Å²) >= 11 is 0. The van der Waals surface area contributed by atoms with Gasteiger partial charge in [-0.25, -0.2) is 4.98 Å². The van der Waals surface area contributed by atoms with E-state index in [0.717, 1.165) is 6.33 Å². The number of hydrogen-bond donors (Lipinski definition) is 0. The third kappa shape index (κ3) is 2.18. The van der Waals surface area contributed by atoms with Crippen LogP contribution in [0.5, 0.6) is 5.88 Å². The van der Waals surface area contributed by atoms with Crippen LogP contribution in [0.1, 0.15) is 0 Å². The summed E-state index contributed by atoms with van der Waals surface area (Å²) in [5.41, 5.74) is 1.07. The Morgan fingerprint density at radius 3 is 2.74 bits per heavy atom. The molecule has 7 heteroatoms. The van der Waals surface area contributed by atoms with Crippen molar-refractivity contribution in [2.24, 2.45) is 0 Å². The van der Waals surface area contributed by atoms with Crippen LogP contribution >= 0.6 is 0 Å². The number of para-hydroxylation sites is 1. The third-order valence-electron chi connectivity index (χ3n) is 2.50. The summed E-state index contributed by atoms with van der Waals surface area (Å²) in [5, 5.41) is 0.705. The Morgan fingerprint density at radius 1 is 1.16 bits per heavy atom. The minimum atomic E-state index is -4.43. The van der Waals surface area contributed by atoms with E-state index in [1.807, 2.05) is 0 Å². The number of aromatic nitrogens is 2. The van der Waals surface area contributed by atoms with E-state index in [9.17, 15) is 13.2 Å². The number of hydrogen-bond acceptors (Lipinski definition) is 4. The molecule has 0 aliphatic rings. The van der Waals surface area contributed by atoms with Gasteiger partial charge in [0.05, 0.1) is 0 Å². The monoisotopic (exact) mass is 268 g/mol. The summed E-state index contributed by atoms with van der Waals surface area (Å²) in [6, 6.07) is 7.01. The average Bonchev–Trinajstić information content (AvgIpc) is 2.74. The molecule has 0 saturated carbocycles. The molecule has 4 nitrogen and oxygen atoms in total. The number of halogens is 3. The van der Waals surface area contributed by atoms with Crippen LogP contribution in [-0.2, 0) is 0 Å². The number of alkyl halides is 3. The van der Waals surface area contributed by atoms with Gasteiger partial charge in [0, 0.05) is 5.39 Å². The molecule has 0 radical (unpaired) electrons. The molecule has 0 aliphatic heterocycles. The number of furan rings is 1. The molecule has 0 bridgehead atoms. The molecular formula is C12H7F3N2O2. The van der Waals surface area contributed by atoms with Crippen molar-refractivity contribution in [1.82, 2.24) is 9.97 Å². The predicted octanol–water partition coefficient (Wildman–Crippen LogP) is 3.32. The van der Waals surface area contributed by atoms with Gasteiger partial charge in [0.25, 0.3) is 5.88 Å². The first-order valence-electron chi connectivity index (χ1n) is 5.36. The molecule has 0 atom stereocenters. The molecule has 19 heavy (non-hydrogen) atoms. The molecule has 1 aromatic carbocycles. The fourth-order valence-electron chi connectivity index (χ4n) is 1.76. The van der Waals surface area contributed by atoms with E-state index in [-0.39, 0.29) is 11.5 Å². The number of rotatable bonds is 2. The predicted molar refractivity (Wildman–Crippen MR) is 60.9 cm³/mol. The number of nitrogens with zero attached hydrogens (tertiary/aromatic N) is 2. The van der Waals surface area contributed by atoms with Gasteiger partial charge in [0.2, 0.25) is 5.58 Å². The van der Waals surface area contributed by atoms with E-state index in [4.69, 9.17) is 4.42 Å². The van der Waals surface area contributed by atoms with E-state index in [2.05, 4.69) is 14.7 Å². The summed E-state index contributed by atoms with van der Waals surface area (Å²) in [6.45, 7) is -1.42. The van der Waals surface area contributed by atoms with E-state index in [0.29, 0.717) is 16.5 Å². The van der Waals surface area contributed by atoms with Crippen LogP contribution in [0.4, 0.5) is 13.2 Å². The first-order chi connectivity index (χ1) is 9.04. The highest BCUT2D eigenvalue weighted by atomic mass is 19.4. The Hall–Kier alpha value is -2.31. The van der Waals surface area contributed by atoms with Gasteiger partial charge < -0.3 is 9.15 Å². The standard InChI is InChI=1S/C12H7F3N2O2/c13-12(14,15)5-18-11-10-9(16-6-17-11)7-3-1-2-4-8(7)19-10/h1-4,6H,5H2. The Labute approximate surface area is 104 Å². The Kier molecular flexibility index (Phi) is 2.55. The van der Waals surface area contributed by atoms with Gasteiger partial charge in [0.15, 0.2) is 6.61 Å². The lowest BCUT2D eigenvalue weighted by atomic mass is 10.2. The minimum absolute atomic E-state index is 0.118. The van der Waals surface area contributed by atoms with Gasteiger partial charge in [-0.05, 0) is 12.1 Å². The molecule has 0 spiro atoms. The maximum atomic E-state index is 12.1. The summed E-state index contributed by atoms with van der Waals surface area (Å²) in [4.78, 5) is 7.69.